The Labute approximate surface area is 119 Å². The zero-order valence-corrected chi connectivity index (χ0v) is 12.5. The maximum Gasteiger partial charge on any atom is 0.226 e. The average Bonchev–Trinajstić information content (AvgIpc) is 2.38. The number of amides is 1. The predicted octanol–water partition coefficient (Wildman–Crippen LogP) is 1.18. The molecule has 0 aromatic rings. The molecule has 0 aliphatic heterocycles. The summed E-state index contributed by atoms with van der Waals surface area (Å²) in [5.74, 6) is -0.651. The zero-order valence-electron chi connectivity index (χ0n) is 12.5. The van der Waals surface area contributed by atoms with E-state index in [1.54, 1.807) is 13.8 Å². The van der Waals surface area contributed by atoms with Gasteiger partial charge in [0.1, 0.15) is 12.1 Å². The van der Waals surface area contributed by atoms with Crippen LogP contribution in [0.15, 0.2) is 0 Å². The summed E-state index contributed by atoms with van der Waals surface area (Å²) in [5, 5.41) is 13.2. The Morgan fingerprint density at radius 2 is 1.90 bits per heavy atom. The van der Waals surface area contributed by atoms with Crippen LogP contribution in [0.3, 0.4) is 0 Å². The molecule has 0 aliphatic carbocycles. The van der Waals surface area contributed by atoms with Crippen molar-refractivity contribution in [3.05, 3.63) is 10.1 Å². The lowest BCUT2D eigenvalue weighted by Crippen LogP contribution is -2.51. The monoisotopic (exact) mass is 288 g/mol. The Morgan fingerprint density at radius 3 is 2.25 bits per heavy atom. The molecule has 0 aromatic heterocycles. The van der Waals surface area contributed by atoms with Crippen molar-refractivity contribution in [2.45, 2.75) is 58.8 Å². The summed E-state index contributed by atoms with van der Waals surface area (Å²) in [4.78, 5) is 33.0. The van der Waals surface area contributed by atoms with Gasteiger partial charge in [-0.1, -0.05) is 27.7 Å². The minimum absolute atomic E-state index is 0.157. The van der Waals surface area contributed by atoms with Gasteiger partial charge in [0.2, 0.25) is 12.5 Å². The zero-order chi connectivity index (χ0) is 15.7. The van der Waals surface area contributed by atoms with Crippen molar-refractivity contribution in [1.29, 1.82) is 0 Å². The first kappa shape index (κ1) is 18.5. The van der Waals surface area contributed by atoms with Gasteiger partial charge in [0.15, 0.2) is 6.29 Å². The smallest absolute Gasteiger partial charge is 0.226 e. The summed E-state index contributed by atoms with van der Waals surface area (Å²) in [6, 6.07) is -0.946. The molecule has 7 nitrogen and oxygen atoms in total. The molecule has 0 rings (SSSR count). The van der Waals surface area contributed by atoms with Crippen LogP contribution in [0, 0.1) is 16.0 Å². The standard InChI is InChI=1S/C13H24N2O5/c1-5-10(6-2)20-12(8-16)11(7-15(18)19)14-13(17)9(3)4/h8-12H,5-7H2,1-4H3,(H,14,17)/t11-,12-/m0/s1. The fourth-order valence-electron chi connectivity index (χ4n) is 1.67. The molecule has 116 valence electrons. The second-order valence-corrected chi connectivity index (χ2v) is 4.96. The van der Waals surface area contributed by atoms with Crippen molar-refractivity contribution >= 4 is 12.2 Å². The average molecular weight is 288 g/mol. The van der Waals surface area contributed by atoms with Gasteiger partial charge >= 0.3 is 0 Å². The van der Waals surface area contributed by atoms with Gasteiger partial charge in [-0.2, -0.15) is 0 Å². The number of hydrogen-bond acceptors (Lipinski definition) is 5. The van der Waals surface area contributed by atoms with Crippen LogP contribution in [0.2, 0.25) is 0 Å². The summed E-state index contributed by atoms with van der Waals surface area (Å²) in [5.41, 5.74) is 0. The van der Waals surface area contributed by atoms with Crippen molar-refractivity contribution in [1.82, 2.24) is 5.32 Å². The van der Waals surface area contributed by atoms with E-state index in [-0.39, 0.29) is 17.9 Å². The number of carbonyl (C=O) groups excluding carboxylic acids is 2. The lowest BCUT2D eigenvalue weighted by atomic mass is 10.1. The number of nitrogens with zero attached hydrogens (tertiary/aromatic N) is 1. The van der Waals surface area contributed by atoms with Crippen molar-refractivity contribution < 1.29 is 19.2 Å². The number of nitro groups is 1. The number of aldehydes is 1. The van der Waals surface area contributed by atoms with Crippen LogP contribution < -0.4 is 5.32 Å². The third-order valence-electron chi connectivity index (χ3n) is 2.99. The number of rotatable bonds is 10. The third kappa shape index (κ3) is 6.60. The van der Waals surface area contributed by atoms with E-state index in [1.807, 2.05) is 13.8 Å². The van der Waals surface area contributed by atoms with Crippen molar-refractivity contribution in [2.24, 2.45) is 5.92 Å². The van der Waals surface area contributed by atoms with E-state index >= 15 is 0 Å². The molecule has 0 saturated carbocycles. The molecule has 2 atom stereocenters. The Bertz CT molecular complexity index is 329. The van der Waals surface area contributed by atoms with E-state index in [1.165, 1.54) is 0 Å². The number of carbonyl (C=O) groups is 2. The molecule has 0 spiro atoms. The molecule has 20 heavy (non-hydrogen) atoms. The highest BCUT2D eigenvalue weighted by Gasteiger charge is 2.30. The van der Waals surface area contributed by atoms with Gasteiger partial charge < -0.3 is 14.8 Å². The second-order valence-electron chi connectivity index (χ2n) is 4.96. The Hall–Kier alpha value is -1.50. The molecule has 0 unspecified atom stereocenters. The normalized spacial score (nSPS) is 14.1. The van der Waals surface area contributed by atoms with Gasteiger partial charge in [-0.05, 0) is 12.8 Å². The van der Waals surface area contributed by atoms with Gasteiger partial charge in [-0.15, -0.1) is 0 Å². The molecule has 0 aliphatic rings. The van der Waals surface area contributed by atoms with E-state index in [4.69, 9.17) is 4.74 Å². The summed E-state index contributed by atoms with van der Waals surface area (Å²) in [6.07, 6.45) is 0.755. The highest BCUT2D eigenvalue weighted by molar-refractivity contribution is 5.78. The molecule has 0 saturated heterocycles. The second kappa shape index (κ2) is 9.41. The maximum absolute atomic E-state index is 11.7. The lowest BCUT2D eigenvalue weighted by molar-refractivity contribution is -0.485. The van der Waals surface area contributed by atoms with Crippen LogP contribution in [0.25, 0.3) is 0 Å². The summed E-state index contributed by atoms with van der Waals surface area (Å²) in [7, 11) is 0. The SMILES string of the molecule is CCC(CC)O[C@@H](C=O)[C@H](C[N+](=O)[O-])NC(=O)C(C)C. The largest absolute Gasteiger partial charge is 0.365 e. The lowest BCUT2D eigenvalue weighted by Gasteiger charge is -2.25. The molecule has 0 radical (unpaired) electrons. The van der Waals surface area contributed by atoms with Crippen molar-refractivity contribution in [3.63, 3.8) is 0 Å². The van der Waals surface area contributed by atoms with E-state index in [0.717, 1.165) is 0 Å². The number of ether oxygens (including phenoxy) is 1. The van der Waals surface area contributed by atoms with Gasteiger partial charge in [-0.25, -0.2) is 0 Å². The van der Waals surface area contributed by atoms with E-state index in [9.17, 15) is 19.7 Å². The van der Waals surface area contributed by atoms with Crippen LogP contribution in [0.4, 0.5) is 0 Å². The molecule has 1 amide bonds. The van der Waals surface area contributed by atoms with Crippen LogP contribution in [0.1, 0.15) is 40.5 Å². The first-order valence-electron chi connectivity index (χ1n) is 6.88. The van der Waals surface area contributed by atoms with Gasteiger partial charge in [0.05, 0.1) is 6.10 Å². The summed E-state index contributed by atoms with van der Waals surface area (Å²) in [6.45, 7) is 6.63. The van der Waals surface area contributed by atoms with E-state index in [2.05, 4.69) is 5.32 Å². The first-order valence-corrected chi connectivity index (χ1v) is 6.88. The fraction of sp³-hybridized carbons (Fsp3) is 0.846. The minimum atomic E-state index is -1.01. The molecule has 1 N–H and O–H groups in total. The van der Waals surface area contributed by atoms with Gasteiger partial charge in [0.25, 0.3) is 0 Å². The number of hydrogen-bond donors (Lipinski definition) is 1. The van der Waals surface area contributed by atoms with Gasteiger partial charge in [0, 0.05) is 10.8 Å². The Kier molecular flexibility index (Phi) is 8.71. The van der Waals surface area contributed by atoms with Gasteiger partial charge in [-0.3, -0.25) is 14.9 Å². The van der Waals surface area contributed by atoms with Crippen LogP contribution in [-0.4, -0.2) is 41.9 Å². The minimum Gasteiger partial charge on any atom is -0.365 e. The molecular weight excluding hydrogens is 264 g/mol. The molecular formula is C13H24N2O5. The van der Waals surface area contributed by atoms with E-state index < -0.39 is 23.6 Å². The molecule has 7 heteroatoms. The molecule has 0 aromatic carbocycles. The third-order valence-corrected chi connectivity index (χ3v) is 2.99. The van der Waals surface area contributed by atoms with E-state index in [0.29, 0.717) is 19.1 Å². The molecule has 0 fully saturated rings. The maximum atomic E-state index is 11.7. The topological polar surface area (TPSA) is 98.5 Å². The fourth-order valence-corrected chi connectivity index (χ4v) is 1.67. The van der Waals surface area contributed by atoms with Crippen LogP contribution >= 0.6 is 0 Å². The highest BCUT2D eigenvalue weighted by atomic mass is 16.6. The summed E-state index contributed by atoms with van der Waals surface area (Å²) < 4.78 is 5.55. The predicted molar refractivity (Wildman–Crippen MR) is 73.9 cm³/mol. The van der Waals surface area contributed by atoms with Crippen molar-refractivity contribution in [2.75, 3.05) is 6.54 Å². The highest BCUT2D eigenvalue weighted by Crippen LogP contribution is 2.09. The number of nitrogens with one attached hydrogen (secondary N) is 1. The molecule has 0 bridgehead atoms. The van der Waals surface area contributed by atoms with Crippen molar-refractivity contribution in [3.8, 4) is 0 Å². The Balaban J connectivity index is 4.90. The first-order chi connectivity index (χ1) is 9.35. The van der Waals surface area contributed by atoms with Crippen LogP contribution in [0.5, 0.6) is 0 Å². The van der Waals surface area contributed by atoms with Crippen LogP contribution in [-0.2, 0) is 14.3 Å². The summed E-state index contributed by atoms with van der Waals surface area (Å²) >= 11 is 0. The Morgan fingerprint density at radius 1 is 1.35 bits per heavy atom. The quantitative estimate of drug-likeness (QED) is 0.370. The molecule has 0 heterocycles.